The zero-order chi connectivity index (χ0) is 15.7. The van der Waals surface area contributed by atoms with E-state index in [-0.39, 0.29) is 25.0 Å². The summed E-state index contributed by atoms with van der Waals surface area (Å²) < 4.78 is 5.25. The van der Waals surface area contributed by atoms with Crippen LogP contribution in [-0.4, -0.2) is 68.0 Å². The summed E-state index contributed by atoms with van der Waals surface area (Å²) in [6, 6.07) is 5.64. The Hall–Kier alpha value is -2.08. The van der Waals surface area contributed by atoms with E-state index in [0.29, 0.717) is 5.75 Å². The van der Waals surface area contributed by atoms with Gasteiger partial charge in [-0.3, -0.25) is 4.79 Å². The molecule has 118 valence electrons. The molecule has 0 bridgehead atoms. The molecule has 2 heterocycles. The lowest BCUT2D eigenvalue weighted by Crippen LogP contribution is -2.51. The zero-order valence-electron chi connectivity index (χ0n) is 13.0. The number of esters is 1. The van der Waals surface area contributed by atoms with Gasteiger partial charge in [0, 0.05) is 26.2 Å². The molecule has 0 N–H and O–H groups in total. The molecule has 0 spiro atoms. The number of hydrogen-bond donors (Lipinski definition) is 0. The van der Waals surface area contributed by atoms with E-state index in [2.05, 4.69) is 11.9 Å². The van der Waals surface area contributed by atoms with Gasteiger partial charge in [-0.1, -0.05) is 6.07 Å². The maximum absolute atomic E-state index is 12.5. The third kappa shape index (κ3) is 3.06. The van der Waals surface area contributed by atoms with Crippen molar-refractivity contribution in [3.8, 4) is 5.75 Å². The van der Waals surface area contributed by atoms with Gasteiger partial charge in [-0.15, -0.1) is 0 Å². The summed E-state index contributed by atoms with van der Waals surface area (Å²) in [6.45, 7) is 5.60. The van der Waals surface area contributed by atoms with Crippen molar-refractivity contribution in [1.29, 1.82) is 0 Å². The molecule has 6 heteroatoms. The first-order valence-electron chi connectivity index (χ1n) is 7.55. The van der Waals surface area contributed by atoms with Crippen LogP contribution in [0.4, 0.5) is 5.69 Å². The molecule has 0 aliphatic carbocycles. The number of piperazine rings is 1. The van der Waals surface area contributed by atoms with Crippen LogP contribution in [0.2, 0.25) is 0 Å². The molecule has 2 aliphatic rings. The van der Waals surface area contributed by atoms with Crippen LogP contribution in [0.1, 0.15) is 5.56 Å². The minimum Gasteiger partial charge on any atom is -0.423 e. The highest BCUT2D eigenvalue weighted by molar-refractivity contribution is 5.89. The van der Waals surface area contributed by atoms with Crippen molar-refractivity contribution in [2.75, 3.05) is 51.2 Å². The van der Waals surface area contributed by atoms with Crippen LogP contribution in [0.25, 0.3) is 0 Å². The first-order valence-corrected chi connectivity index (χ1v) is 7.55. The Labute approximate surface area is 130 Å². The normalized spacial score (nSPS) is 18.9. The van der Waals surface area contributed by atoms with Crippen molar-refractivity contribution in [3.63, 3.8) is 0 Å². The van der Waals surface area contributed by atoms with E-state index in [0.717, 1.165) is 37.4 Å². The minimum atomic E-state index is -0.317. The number of carbonyl (C=O) groups excluding carboxylic acids is 2. The van der Waals surface area contributed by atoms with Gasteiger partial charge in [0.15, 0.2) is 5.75 Å². The van der Waals surface area contributed by atoms with Gasteiger partial charge in [0.2, 0.25) is 5.91 Å². The lowest BCUT2D eigenvalue weighted by atomic mass is 10.1. The summed E-state index contributed by atoms with van der Waals surface area (Å²) in [4.78, 5) is 30.1. The number of ether oxygens (including phenoxy) is 1. The number of anilines is 1. The van der Waals surface area contributed by atoms with Crippen molar-refractivity contribution in [1.82, 2.24) is 9.80 Å². The molecule has 1 fully saturated rings. The maximum atomic E-state index is 12.5. The SMILES string of the molecule is Cc1ccc2c(c1)N(CC(=O)N1CCN(C)CC1)CC(=O)O2. The van der Waals surface area contributed by atoms with E-state index in [1.807, 2.05) is 28.9 Å². The standard InChI is InChI=1S/C16H21N3O3/c1-12-3-4-14-13(9-12)19(11-16(21)22-14)10-15(20)18-7-5-17(2)6-8-18/h3-4,9H,5-8,10-11H2,1-2H3. The summed E-state index contributed by atoms with van der Waals surface area (Å²) in [5, 5.41) is 0. The van der Waals surface area contributed by atoms with Crippen LogP contribution in [0.15, 0.2) is 18.2 Å². The number of nitrogens with zero attached hydrogens (tertiary/aromatic N) is 3. The third-order valence-electron chi connectivity index (χ3n) is 4.18. The number of rotatable bonds is 2. The van der Waals surface area contributed by atoms with Gasteiger partial charge in [-0.2, -0.15) is 0 Å². The molecular formula is C16H21N3O3. The highest BCUT2D eigenvalue weighted by atomic mass is 16.5. The molecule has 0 unspecified atom stereocenters. The second kappa shape index (κ2) is 5.96. The molecule has 1 saturated heterocycles. The lowest BCUT2D eigenvalue weighted by molar-refractivity contribution is -0.134. The van der Waals surface area contributed by atoms with Gasteiger partial charge < -0.3 is 19.4 Å². The maximum Gasteiger partial charge on any atom is 0.331 e. The smallest absolute Gasteiger partial charge is 0.331 e. The van der Waals surface area contributed by atoms with E-state index in [1.165, 1.54) is 0 Å². The molecule has 1 aromatic rings. The third-order valence-corrected chi connectivity index (χ3v) is 4.18. The first kappa shape index (κ1) is 14.8. The molecule has 1 aromatic carbocycles. The van der Waals surface area contributed by atoms with E-state index in [4.69, 9.17) is 4.74 Å². The van der Waals surface area contributed by atoms with E-state index in [9.17, 15) is 9.59 Å². The van der Waals surface area contributed by atoms with Gasteiger partial charge in [-0.25, -0.2) is 4.79 Å². The number of hydrogen-bond acceptors (Lipinski definition) is 5. The van der Waals surface area contributed by atoms with Gasteiger partial charge >= 0.3 is 5.97 Å². The molecule has 0 saturated carbocycles. The fraction of sp³-hybridized carbons (Fsp3) is 0.500. The van der Waals surface area contributed by atoms with Gasteiger partial charge in [-0.05, 0) is 31.7 Å². The molecule has 0 radical (unpaired) electrons. The Kier molecular flexibility index (Phi) is 4.02. The monoisotopic (exact) mass is 303 g/mol. The predicted molar refractivity (Wildman–Crippen MR) is 83.1 cm³/mol. The van der Waals surface area contributed by atoms with Crippen molar-refractivity contribution in [3.05, 3.63) is 23.8 Å². The van der Waals surface area contributed by atoms with Gasteiger partial charge in [0.05, 0.1) is 12.2 Å². The fourth-order valence-electron chi connectivity index (χ4n) is 2.82. The van der Waals surface area contributed by atoms with Crippen molar-refractivity contribution < 1.29 is 14.3 Å². The molecule has 3 rings (SSSR count). The molecule has 0 atom stereocenters. The molecule has 6 nitrogen and oxygen atoms in total. The number of carbonyl (C=O) groups is 2. The van der Waals surface area contributed by atoms with E-state index in [1.54, 1.807) is 6.07 Å². The Bertz CT molecular complexity index is 594. The van der Waals surface area contributed by atoms with Crippen molar-refractivity contribution >= 4 is 17.6 Å². The summed E-state index contributed by atoms with van der Waals surface area (Å²) in [5.41, 5.74) is 1.90. The average Bonchev–Trinajstić information content (AvgIpc) is 2.48. The molecule has 1 amide bonds. The highest BCUT2D eigenvalue weighted by Gasteiger charge is 2.28. The molecule has 22 heavy (non-hydrogen) atoms. The molecule has 2 aliphatic heterocycles. The van der Waals surface area contributed by atoms with Crippen LogP contribution in [0, 0.1) is 6.92 Å². The largest absolute Gasteiger partial charge is 0.423 e. The Morgan fingerprint density at radius 1 is 1.23 bits per heavy atom. The fourth-order valence-corrected chi connectivity index (χ4v) is 2.82. The van der Waals surface area contributed by atoms with Crippen LogP contribution in [-0.2, 0) is 9.59 Å². The Morgan fingerprint density at radius 3 is 2.68 bits per heavy atom. The highest BCUT2D eigenvalue weighted by Crippen LogP contribution is 2.32. The first-order chi connectivity index (χ1) is 10.5. The number of aryl methyl sites for hydroxylation is 1. The van der Waals surface area contributed by atoms with Gasteiger partial charge in [0.25, 0.3) is 0 Å². The van der Waals surface area contributed by atoms with Crippen molar-refractivity contribution in [2.45, 2.75) is 6.92 Å². The van der Waals surface area contributed by atoms with Crippen LogP contribution >= 0.6 is 0 Å². The minimum absolute atomic E-state index is 0.0651. The second-order valence-corrected chi connectivity index (χ2v) is 5.99. The summed E-state index contributed by atoms with van der Waals surface area (Å²) >= 11 is 0. The Balaban J connectivity index is 1.74. The quantitative estimate of drug-likeness (QED) is 0.588. The van der Waals surface area contributed by atoms with Crippen LogP contribution < -0.4 is 9.64 Å². The summed E-state index contributed by atoms with van der Waals surface area (Å²) in [5.74, 6) is 0.283. The number of likely N-dealkylation sites (N-methyl/N-ethyl adjacent to an activating group) is 1. The lowest BCUT2D eigenvalue weighted by Gasteiger charge is -2.35. The zero-order valence-corrected chi connectivity index (χ0v) is 13.0. The van der Waals surface area contributed by atoms with E-state index < -0.39 is 0 Å². The van der Waals surface area contributed by atoms with Crippen LogP contribution in [0.3, 0.4) is 0 Å². The predicted octanol–water partition coefficient (Wildman–Crippen LogP) is 0.494. The summed E-state index contributed by atoms with van der Waals surface area (Å²) in [6.07, 6.45) is 0. The molecular weight excluding hydrogens is 282 g/mol. The second-order valence-electron chi connectivity index (χ2n) is 5.99. The van der Waals surface area contributed by atoms with E-state index >= 15 is 0 Å². The van der Waals surface area contributed by atoms with Gasteiger partial charge in [0.1, 0.15) is 6.54 Å². The Morgan fingerprint density at radius 2 is 1.95 bits per heavy atom. The summed E-state index contributed by atoms with van der Waals surface area (Å²) in [7, 11) is 2.06. The topological polar surface area (TPSA) is 53.1 Å². The number of amides is 1. The number of benzene rings is 1. The average molecular weight is 303 g/mol. The number of fused-ring (bicyclic) bond motifs is 1. The van der Waals surface area contributed by atoms with Crippen molar-refractivity contribution in [2.24, 2.45) is 0 Å². The molecule has 0 aromatic heterocycles. The van der Waals surface area contributed by atoms with Crippen LogP contribution in [0.5, 0.6) is 5.75 Å².